The molecule has 0 saturated carbocycles. The minimum absolute atomic E-state index is 0.0555. The summed E-state index contributed by atoms with van der Waals surface area (Å²) in [5, 5.41) is 11.4. The van der Waals surface area contributed by atoms with E-state index >= 15 is 0 Å². The van der Waals surface area contributed by atoms with Gasteiger partial charge in [-0.25, -0.2) is 9.18 Å². The van der Waals surface area contributed by atoms with Crippen LogP contribution < -0.4 is 5.32 Å². The Hall–Kier alpha value is -2.06. The molecule has 0 aliphatic carbocycles. The Balaban J connectivity index is 2.07. The van der Waals surface area contributed by atoms with Crippen LogP contribution in [0.3, 0.4) is 0 Å². The molecule has 0 spiro atoms. The van der Waals surface area contributed by atoms with Crippen molar-refractivity contribution in [2.75, 3.05) is 25.0 Å². The van der Waals surface area contributed by atoms with E-state index in [2.05, 4.69) is 17.2 Å². The monoisotopic (exact) mass is 276 g/mol. The fourth-order valence-corrected chi connectivity index (χ4v) is 2.04. The third-order valence-corrected chi connectivity index (χ3v) is 3.07. The maximum Gasteiger partial charge on any atom is 0.321 e. The summed E-state index contributed by atoms with van der Waals surface area (Å²) < 4.78 is 13.5. The highest BCUT2D eigenvalue weighted by atomic mass is 19.1. The molecule has 1 aromatic carbocycles. The second-order valence-electron chi connectivity index (χ2n) is 4.59. The van der Waals surface area contributed by atoms with Crippen molar-refractivity contribution in [1.29, 1.82) is 0 Å². The number of nitrogens with zero attached hydrogens (tertiary/aromatic N) is 1. The second-order valence-corrected chi connectivity index (χ2v) is 4.59. The van der Waals surface area contributed by atoms with Crippen molar-refractivity contribution >= 4 is 11.7 Å². The number of amides is 2. The second kappa shape index (κ2) is 6.92. The highest BCUT2D eigenvalue weighted by Crippen LogP contribution is 2.16. The van der Waals surface area contributed by atoms with Gasteiger partial charge < -0.3 is 15.3 Å². The quantitative estimate of drug-likeness (QED) is 0.814. The van der Waals surface area contributed by atoms with Crippen LogP contribution in [-0.2, 0) is 0 Å². The Kier molecular flexibility index (Phi) is 4.97. The van der Waals surface area contributed by atoms with Crippen molar-refractivity contribution in [3.05, 3.63) is 29.6 Å². The summed E-state index contributed by atoms with van der Waals surface area (Å²) in [6, 6.07) is 4.14. The molecule has 2 N–H and O–H groups in total. The van der Waals surface area contributed by atoms with Gasteiger partial charge in [-0.3, -0.25) is 0 Å². The standard InChI is InChI=1S/C15H17FN2O2/c16-14-7-6-13(11-12(14)5-1-4-10-19)17-15(20)18-8-2-3-9-18/h6-7,11,19H,2-4,8-10H2,(H,17,20). The number of aliphatic hydroxyl groups is 1. The lowest BCUT2D eigenvalue weighted by atomic mass is 10.2. The number of carbonyl (C=O) groups is 1. The van der Waals surface area contributed by atoms with Gasteiger partial charge in [0.1, 0.15) is 5.82 Å². The van der Waals surface area contributed by atoms with Gasteiger partial charge in [-0.2, -0.15) is 0 Å². The van der Waals surface area contributed by atoms with Gasteiger partial charge >= 0.3 is 6.03 Å². The van der Waals surface area contributed by atoms with Crippen molar-refractivity contribution in [3.63, 3.8) is 0 Å². The molecule has 20 heavy (non-hydrogen) atoms. The zero-order chi connectivity index (χ0) is 14.4. The average molecular weight is 276 g/mol. The van der Waals surface area contributed by atoms with Crippen molar-refractivity contribution in [2.45, 2.75) is 19.3 Å². The summed E-state index contributed by atoms with van der Waals surface area (Å²) in [6.07, 6.45) is 2.34. The third kappa shape index (κ3) is 3.72. The zero-order valence-electron chi connectivity index (χ0n) is 11.2. The van der Waals surface area contributed by atoms with Crippen molar-refractivity contribution in [2.24, 2.45) is 0 Å². The van der Waals surface area contributed by atoms with Crippen LogP contribution in [0.4, 0.5) is 14.9 Å². The van der Waals surface area contributed by atoms with Crippen LogP contribution in [0.25, 0.3) is 0 Å². The van der Waals surface area contributed by atoms with E-state index in [9.17, 15) is 9.18 Å². The van der Waals surface area contributed by atoms with E-state index in [1.54, 1.807) is 4.90 Å². The van der Waals surface area contributed by atoms with Crippen molar-refractivity contribution in [1.82, 2.24) is 4.90 Å². The Labute approximate surface area is 117 Å². The maximum absolute atomic E-state index is 13.5. The molecule has 1 aromatic rings. The van der Waals surface area contributed by atoms with Crippen LogP contribution in [0.2, 0.25) is 0 Å². The third-order valence-electron chi connectivity index (χ3n) is 3.07. The molecule has 2 rings (SSSR count). The summed E-state index contributed by atoms with van der Waals surface area (Å²) in [5.41, 5.74) is 0.745. The fraction of sp³-hybridized carbons (Fsp3) is 0.400. The highest BCUT2D eigenvalue weighted by molar-refractivity contribution is 5.89. The zero-order valence-corrected chi connectivity index (χ0v) is 11.2. The van der Waals surface area contributed by atoms with Crippen LogP contribution in [0.5, 0.6) is 0 Å². The summed E-state index contributed by atoms with van der Waals surface area (Å²) >= 11 is 0. The van der Waals surface area contributed by atoms with Gasteiger partial charge in [0.2, 0.25) is 0 Å². The molecule has 1 fully saturated rings. The number of anilines is 1. The Morgan fingerprint density at radius 1 is 1.40 bits per heavy atom. The fourth-order valence-electron chi connectivity index (χ4n) is 2.04. The molecule has 4 nitrogen and oxygen atoms in total. The summed E-state index contributed by atoms with van der Waals surface area (Å²) in [6.45, 7) is 1.46. The van der Waals surface area contributed by atoms with Crippen molar-refractivity contribution in [3.8, 4) is 11.8 Å². The number of likely N-dealkylation sites (tertiary alicyclic amines) is 1. The molecule has 0 atom stereocenters. The molecular formula is C15H17FN2O2. The molecule has 2 amide bonds. The van der Waals surface area contributed by atoms with E-state index in [-0.39, 0.29) is 18.2 Å². The molecule has 1 aliphatic heterocycles. The smallest absolute Gasteiger partial charge is 0.321 e. The first-order chi connectivity index (χ1) is 9.70. The molecule has 0 aromatic heterocycles. The van der Waals surface area contributed by atoms with Crippen LogP contribution >= 0.6 is 0 Å². The van der Waals surface area contributed by atoms with Gasteiger partial charge in [-0.1, -0.05) is 11.8 Å². The number of aliphatic hydroxyl groups excluding tert-OH is 1. The summed E-state index contributed by atoms with van der Waals surface area (Å²) in [7, 11) is 0. The number of halogens is 1. The minimum atomic E-state index is -0.436. The molecule has 1 heterocycles. The SMILES string of the molecule is O=C(Nc1ccc(F)c(C#CCCO)c1)N1CCCC1. The van der Waals surface area contributed by atoms with E-state index < -0.39 is 5.82 Å². The van der Waals surface area contributed by atoms with E-state index in [1.807, 2.05) is 0 Å². The minimum Gasteiger partial charge on any atom is -0.395 e. The molecule has 1 saturated heterocycles. The van der Waals surface area contributed by atoms with Crippen LogP contribution in [0, 0.1) is 17.7 Å². The number of benzene rings is 1. The first kappa shape index (κ1) is 14.4. The Bertz CT molecular complexity index is 543. The number of urea groups is 1. The molecule has 0 bridgehead atoms. The first-order valence-electron chi connectivity index (χ1n) is 6.66. The molecule has 5 heteroatoms. The largest absolute Gasteiger partial charge is 0.395 e. The van der Waals surface area contributed by atoms with Gasteiger partial charge in [0.15, 0.2) is 0 Å². The Morgan fingerprint density at radius 3 is 2.85 bits per heavy atom. The number of hydrogen-bond donors (Lipinski definition) is 2. The molecule has 106 valence electrons. The predicted octanol–water partition coefficient (Wildman–Crippen LogP) is 2.19. The normalized spacial score (nSPS) is 13.8. The number of hydrogen-bond acceptors (Lipinski definition) is 2. The number of carbonyl (C=O) groups excluding carboxylic acids is 1. The summed E-state index contributed by atoms with van der Waals surface area (Å²) in [5.74, 6) is 4.88. The molecule has 0 unspecified atom stereocenters. The summed E-state index contributed by atoms with van der Waals surface area (Å²) in [4.78, 5) is 13.7. The van der Waals surface area contributed by atoms with Gasteiger partial charge in [-0.05, 0) is 31.0 Å². The van der Waals surface area contributed by atoms with Crippen LogP contribution in [-0.4, -0.2) is 35.7 Å². The first-order valence-corrected chi connectivity index (χ1v) is 6.66. The van der Waals surface area contributed by atoms with Gasteiger partial charge in [0.05, 0.1) is 12.2 Å². The lowest BCUT2D eigenvalue weighted by molar-refractivity contribution is 0.222. The predicted molar refractivity (Wildman–Crippen MR) is 74.8 cm³/mol. The van der Waals surface area contributed by atoms with Gasteiger partial charge in [0.25, 0.3) is 0 Å². The van der Waals surface area contributed by atoms with Gasteiger partial charge in [-0.15, -0.1) is 0 Å². The maximum atomic E-state index is 13.5. The number of rotatable bonds is 2. The van der Waals surface area contributed by atoms with Crippen LogP contribution in [0.15, 0.2) is 18.2 Å². The topological polar surface area (TPSA) is 52.6 Å². The highest BCUT2D eigenvalue weighted by Gasteiger charge is 2.17. The van der Waals surface area contributed by atoms with Crippen molar-refractivity contribution < 1.29 is 14.3 Å². The molecule has 0 radical (unpaired) electrons. The molecular weight excluding hydrogens is 259 g/mol. The van der Waals surface area contributed by atoms with Gasteiger partial charge in [0, 0.05) is 25.2 Å². The average Bonchev–Trinajstić information content (AvgIpc) is 2.96. The lowest BCUT2D eigenvalue weighted by Crippen LogP contribution is -2.32. The lowest BCUT2D eigenvalue weighted by Gasteiger charge is -2.16. The van der Waals surface area contributed by atoms with E-state index in [1.165, 1.54) is 18.2 Å². The number of nitrogens with one attached hydrogen (secondary N) is 1. The van der Waals surface area contributed by atoms with E-state index in [0.29, 0.717) is 12.1 Å². The van der Waals surface area contributed by atoms with E-state index in [0.717, 1.165) is 25.9 Å². The Morgan fingerprint density at radius 2 is 2.15 bits per heavy atom. The molecule has 1 aliphatic rings. The van der Waals surface area contributed by atoms with E-state index in [4.69, 9.17) is 5.11 Å². The van der Waals surface area contributed by atoms with Crippen LogP contribution in [0.1, 0.15) is 24.8 Å².